The molecule has 2 heterocycles. The second kappa shape index (κ2) is 7.18. The summed E-state index contributed by atoms with van der Waals surface area (Å²) in [6.45, 7) is 1.99. The van der Waals surface area contributed by atoms with Gasteiger partial charge in [-0.3, -0.25) is 9.69 Å². The Kier molecular flexibility index (Phi) is 4.82. The number of likely N-dealkylation sites (N-methyl/N-ethyl adjacent to an activating group) is 1. The molecule has 3 aromatic rings. The number of benzene rings is 2. The van der Waals surface area contributed by atoms with E-state index in [0.29, 0.717) is 22.6 Å². The fourth-order valence-corrected chi connectivity index (χ4v) is 3.56. The van der Waals surface area contributed by atoms with Gasteiger partial charge < -0.3 is 9.32 Å². The molecule has 1 aromatic heterocycles. The molecule has 5 nitrogen and oxygen atoms in total. The number of halogens is 3. The minimum atomic E-state index is -4.38. The molecule has 1 unspecified atom stereocenters. The van der Waals surface area contributed by atoms with Crippen molar-refractivity contribution in [1.29, 1.82) is 0 Å². The van der Waals surface area contributed by atoms with Crippen LogP contribution in [0.3, 0.4) is 0 Å². The summed E-state index contributed by atoms with van der Waals surface area (Å²) in [6.07, 6.45) is -4.38. The first-order valence-electron chi connectivity index (χ1n) is 9.26. The molecule has 8 heteroatoms. The Morgan fingerprint density at radius 3 is 2.69 bits per heavy atom. The van der Waals surface area contributed by atoms with Crippen LogP contribution in [-0.4, -0.2) is 59.6 Å². The number of carbonyl (C=O) groups is 1. The number of oxazole rings is 1. The molecule has 1 atom stereocenters. The van der Waals surface area contributed by atoms with Crippen molar-refractivity contribution in [2.45, 2.75) is 19.1 Å². The van der Waals surface area contributed by atoms with Gasteiger partial charge in [0, 0.05) is 30.8 Å². The minimum Gasteiger partial charge on any atom is -0.436 e. The third-order valence-corrected chi connectivity index (χ3v) is 5.21. The summed E-state index contributed by atoms with van der Waals surface area (Å²) in [6, 6.07) is 10.8. The fourth-order valence-electron chi connectivity index (χ4n) is 3.56. The lowest BCUT2D eigenvalue weighted by molar-refractivity contribution is -0.190. The van der Waals surface area contributed by atoms with Gasteiger partial charge in [0.15, 0.2) is 5.58 Å². The summed E-state index contributed by atoms with van der Waals surface area (Å²) in [5.41, 5.74) is 3.20. The number of aromatic nitrogens is 1. The fraction of sp³-hybridized carbons (Fsp3) is 0.333. The molecular weight excluding hydrogens is 383 g/mol. The van der Waals surface area contributed by atoms with Crippen molar-refractivity contribution >= 4 is 17.0 Å². The highest BCUT2D eigenvalue weighted by atomic mass is 19.4. The Morgan fingerprint density at radius 1 is 1.17 bits per heavy atom. The highest BCUT2D eigenvalue weighted by Gasteiger charge is 2.46. The Morgan fingerprint density at radius 2 is 1.97 bits per heavy atom. The van der Waals surface area contributed by atoms with Crippen LogP contribution in [0.5, 0.6) is 0 Å². The number of hydrogen-bond acceptors (Lipinski definition) is 4. The van der Waals surface area contributed by atoms with Crippen LogP contribution < -0.4 is 0 Å². The van der Waals surface area contributed by atoms with Crippen LogP contribution in [-0.2, 0) is 0 Å². The van der Waals surface area contributed by atoms with Gasteiger partial charge >= 0.3 is 6.18 Å². The van der Waals surface area contributed by atoms with Gasteiger partial charge in [-0.25, -0.2) is 4.98 Å². The maximum Gasteiger partial charge on any atom is 0.405 e. The molecule has 29 heavy (non-hydrogen) atoms. The third kappa shape index (κ3) is 3.85. The molecule has 152 valence electrons. The SMILES string of the molecule is Cc1cccc(-c2nc3cc(C(=O)N4CCN(C)C(C(F)(F)F)C4)ccc3o2)c1. The zero-order chi connectivity index (χ0) is 20.8. The first-order valence-corrected chi connectivity index (χ1v) is 9.26. The number of aryl methyl sites for hydroxylation is 1. The molecule has 0 spiro atoms. The molecule has 0 saturated carbocycles. The highest BCUT2D eigenvalue weighted by Crippen LogP contribution is 2.29. The van der Waals surface area contributed by atoms with Crippen LogP contribution in [0.4, 0.5) is 13.2 Å². The van der Waals surface area contributed by atoms with E-state index in [4.69, 9.17) is 4.42 Å². The van der Waals surface area contributed by atoms with Gasteiger partial charge in [-0.15, -0.1) is 0 Å². The van der Waals surface area contributed by atoms with E-state index < -0.39 is 18.1 Å². The number of hydrogen-bond donors (Lipinski definition) is 0. The Balaban J connectivity index is 1.60. The number of fused-ring (bicyclic) bond motifs is 1. The first-order chi connectivity index (χ1) is 13.7. The van der Waals surface area contributed by atoms with Gasteiger partial charge in [0.25, 0.3) is 5.91 Å². The van der Waals surface area contributed by atoms with Crippen LogP contribution in [0, 0.1) is 6.92 Å². The first kappa shape index (κ1) is 19.4. The predicted octanol–water partition coefficient (Wildman–Crippen LogP) is 4.12. The third-order valence-electron chi connectivity index (χ3n) is 5.21. The summed E-state index contributed by atoms with van der Waals surface area (Å²) in [5.74, 6) is -0.000567. The Bertz CT molecular complexity index is 1060. The maximum atomic E-state index is 13.2. The van der Waals surface area contributed by atoms with Crippen molar-refractivity contribution in [3.8, 4) is 11.5 Å². The van der Waals surface area contributed by atoms with Crippen molar-refractivity contribution in [3.63, 3.8) is 0 Å². The summed E-state index contributed by atoms with van der Waals surface area (Å²) < 4.78 is 45.5. The average molecular weight is 403 g/mol. The van der Waals surface area contributed by atoms with E-state index in [9.17, 15) is 18.0 Å². The van der Waals surface area contributed by atoms with Gasteiger partial charge in [0.05, 0.1) is 0 Å². The zero-order valence-corrected chi connectivity index (χ0v) is 16.0. The molecule has 0 radical (unpaired) electrons. The summed E-state index contributed by atoms with van der Waals surface area (Å²) in [4.78, 5) is 19.8. The van der Waals surface area contributed by atoms with Crippen molar-refractivity contribution in [1.82, 2.24) is 14.8 Å². The number of rotatable bonds is 2. The van der Waals surface area contributed by atoms with E-state index in [1.54, 1.807) is 18.2 Å². The second-order valence-electron chi connectivity index (χ2n) is 7.36. The molecule has 0 bridgehead atoms. The standard InChI is InChI=1S/C21H20F3N3O2/c1-13-4-3-5-14(10-13)19-25-16-11-15(6-7-17(16)29-19)20(28)27-9-8-26(2)18(12-27)21(22,23)24/h3-7,10-11,18H,8-9,12H2,1-2H3. The van der Waals surface area contributed by atoms with E-state index in [0.717, 1.165) is 11.1 Å². The lowest BCUT2D eigenvalue weighted by Gasteiger charge is -2.40. The molecule has 2 aromatic carbocycles. The maximum absolute atomic E-state index is 13.2. The topological polar surface area (TPSA) is 49.6 Å². The van der Waals surface area contributed by atoms with Gasteiger partial charge in [0.1, 0.15) is 11.6 Å². The van der Waals surface area contributed by atoms with Gasteiger partial charge in [-0.05, 0) is 44.3 Å². The van der Waals surface area contributed by atoms with E-state index in [1.807, 2.05) is 31.2 Å². The van der Waals surface area contributed by atoms with Crippen LogP contribution in [0.15, 0.2) is 46.9 Å². The summed E-state index contributed by atoms with van der Waals surface area (Å²) in [7, 11) is 1.42. The summed E-state index contributed by atoms with van der Waals surface area (Å²) in [5, 5.41) is 0. The van der Waals surface area contributed by atoms with E-state index in [1.165, 1.54) is 16.8 Å². The van der Waals surface area contributed by atoms with Gasteiger partial charge in [-0.2, -0.15) is 13.2 Å². The zero-order valence-electron chi connectivity index (χ0n) is 16.0. The monoisotopic (exact) mass is 403 g/mol. The van der Waals surface area contributed by atoms with E-state index in [2.05, 4.69) is 4.98 Å². The Hall–Kier alpha value is -2.87. The van der Waals surface area contributed by atoms with Crippen LogP contribution in [0.1, 0.15) is 15.9 Å². The molecule has 1 fully saturated rings. The number of carbonyl (C=O) groups excluding carboxylic acids is 1. The summed E-state index contributed by atoms with van der Waals surface area (Å²) >= 11 is 0. The predicted molar refractivity (Wildman–Crippen MR) is 103 cm³/mol. The van der Waals surface area contributed by atoms with Crippen LogP contribution >= 0.6 is 0 Å². The number of amides is 1. The molecular formula is C21H20F3N3O2. The van der Waals surface area contributed by atoms with Crippen molar-refractivity contribution < 1.29 is 22.4 Å². The largest absolute Gasteiger partial charge is 0.436 e. The quantitative estimate of drug-likeness (QED) is 0.646. The molecule has 0 aliphatic carbocycles. The lowest BCUT2D eigenvalue weighted by Crippen LogP contribution is -2.58. The molecule has 1 saturated heterocycles. The van der Waals surface area contributed by atoms with Crippen LogP contribution in [0.2, 0.25) is 0 Å². The molecule has 1 aliphatic rings. The molecule has 1 aliphatic heterocycles. The highest BCUT2D eigenvalue weighted by molar-refractivity contribution is 5.97. The lowest BCUT2D eigenvalue weighted by atomic mass is 10.1. The van der Waals surface area contributed by atoms with Crippen LogP contribution in [0.25, 0.3) is 22.6 Å². The minimum absolute atomic E-state index is 0.166. The van der Waals surface area contributed by atoms with E-state index in [-0.39, 0.29) is 19.6 Å². The number of nitrogens with zero attached hydrogens (tertiary/aromatic N) is 3. The normalized spacial score (nSPS) is 18.4. The second-order valence-corrected chi connectivity index (χ2v) is 7.36. The molecule has 1 amide bonds. The van der Waals surface area contributed by atoms with Gasteiger partial charge in [-0.1, -0.05) is 17.7 Å². The number of piperazine rings is 1. The number of alkyl halides is 3. The van der Waals surface area contributed by atoms with Crippen molar-refractivity contribution in [3.05, 3.63) is 53.6 Å². The van der Waals surface area contributed by atoms with Gasteiger partial charge in [0.2, 0.25) is 5.89 Å². The molecule has 0 N–H and O–H groups in total. The molecule has 4 rings (SSSR count). The Labute approximate surface area is 165 Å². The smallest absolute Gasteiger partial charge is 0.405 e. The van der Waals surface area contributed by atoms with Crippen molar-refractivity contribution in [2.75, 3.05) is 26.7 Å². The van der Waals surface area contributed by atoms with Crippen molar-refractivity contribution in [2.24, 2.45) is 0 Å². The average Bonchev–Trinajstić information content (AvgIpc) is 3.10. The van der Waals surface area contributed by atoms with E-state index >= 15 is 0 Å².